The predicted octanol–water partition coefficient (Wildman–Crippen LogP) is 2.72. The fourth-order valence-electron chi connectivity index (χ4n) is 3.01. The molecule has 0 saturated heterocycles. The number of rotatable bonds is 2. The second kappa shape index (κ2) is 4.34. The highest BCUT2D eigenvalue weighted by atomic mass is 15.1. The molecule has 0 spiro atoms. The SMILES string of the molecule is Cn1c(CC2CNc3ccccc32)nc2ncccc21. The van der Waals surface area contributed by atoms with E-state index in [1.807, 2.05) is 6.07 Å². The Kier molecular flexibility index (Phi) is 2.49. The summed E-state index contributed by atoms with van der Waals surface area (Å²) >= 11 is 0. The largest absolute Gasteiger partial charge is 0.384 e. The van der Waals surface area contributed by atoms with Crippen LogP contribution in [0.4, 0.5) is 5.69 Å². The molecule has 1 N–H and O–H groups in total. The average Bonchev–Trinajstić information content (AvgIpc) is 3.03. The summed E-state index contributed by atoms with van der Waals surface area (Å²) in [6, 6.07) is 12.6. The standard InChI is InChI=1S/C16H16N4/c1-20-14-7-4-8-17-16(14)19-15(20)9-11-10-18-13-6-3-2-5-12(11)13/h2-8,11,18H,9-10H2,1H3. The number of benzene rings is 1. The van der Waals surface area contributed by atoms with E-state index in [-0.39, 0.29) is 0 Å². The third-order valence-electron chi connectivity index (χ3n) is 4.12. The molecule has 4 nitrogen and oxygen atoms in total. The van der Waals surface area contributed by atoms with Crippen LogP contribution < -0.4 is 5.32 Å². The summed E-state index contributed by atoms with van der Waals surface area (Å²) in [7, 11) is 2.07. The van der Waals surface area contributed by atoms with Crippen LogP contribution in [0.3, 0.4) is 0 Å². The van der Waals surface area contributed by atoms with Gasteiger partial charge in [-0.1, -0.05) is 18.2 Å². The number of aromatic nitrogens is 3. The lowest BCUT2D eigenvalue weighted by Crippen LogP contribution is -2.09. The highest BCUT2D eigenvalue weighted by Gasteiger charge is 2.23. The van der Waals surface area contributed by atoms with Crippen LogP contribution in [-0.4, -0.2) is 21.1 Å². The van der Waals surface area contributed by atoms with Crippen LogP contribution >= 0.6 is 0 Å². The van der Waals surface area contributed by atoms with Crippen LogP contribution in [0.2, 0.25) is 0 Å². The highest BCUT2D eigenvalue weighted by molar-refractivity contribution is 5.71. The summed E-state index contributed by atoms with van der Waals surface area (Å²) < 4.78 is 2.16. The summed E-state index contributed by atoms with van der Waals surface area (Å²) in [5.41, 5.74) is 4.59. The molecule has 1 aromatic carbocycles. The van der Waals surface area contributed by atoms with E-state index < -0.39 is 0 Å². The Balaban J connectivity index is 1.71. The second-order valence-electron chi connectivity index (χ2n) is 5.30. The van der Waals surface area contributed by atoms with Crippen LogP contribution in [0, 0.1) is 0 Å². The zero-order chi connectivity index (χ0) is 13.5. The number of anilines is 1. The molecule has 20 heavy (non-hydrogen) atoms. The average molecular weight is 264 g/mol. The fraction of sp³-hybridized carbons (Fsp3) is 0.250. The van der Waals surface area contributed by atoms with Crippen molar-refractivity contribution in [2.45, 2.75) is 12.3 Å². The Hall–Kier alpha value is -2.36. The molecule has 3 heterocycles. The molecule has 0 radical (unpaired) electrons. The molecule has 0 aliphatic carbocycles. The molecule has 0 amide bonds. The lowest BCUT2D eigenvalue weighted by atomic mass is 9.98. The molecule has 0 bridgehead atoms. The van der Waals surface area contributed by atoms with Crippen LogP contribution in [0.1, 0.15) is 17.3 Å². The minimum absolute atomic E-state index is 0.488. The zero-order valence-electron chi connectivity index (χ0n) is 11.4. The van der Waals surface area contributed by atoms with E-state index in [4.69, 9.17) is 0 Å². The van der Waals surface area contributed by atoms with Gasteiger partial charge in [0, 0.05) is 37.8 Å². The number of nitrogens with zero attached hydrogens (tertiary/aromatic N) is 3. The molecule has 2 aromatic heterocycles. The topological polar surface area (TPSA) is 42.7 Å². The first-order valence-corrected chi connectivity index (χ1v) is 6.92. The van der Waals surface area contributed by atoms with Crippen molar-refractivity contribution < 1.29 is 0 Å². The van der Waals surface area contributed by atoms with Gasteiger partial charge in [-0.05, 0) is 23.8 Å². The van der Waals surface area contributed by atoms with Crippen molar-refractivity contribution in [3.63, 3.8) is 0 Å². The van der Waals surface area contributed by atoms with Crippen molar-refractivity contribution >= 4 is 16.9 Å². The minimum atomic E-state index is 0.488. The second-order valence-corrected chi connectivity index (χ2v) is 5.30. The van der Waals surface area contributed by atoms with E-state index >= 15 is 0 Å². The Morgan fingerprint density at radius 2 is 2.15 bits per heavy atom. The lowest BCUT2D eigenvalue weighted by molar-refractivity contribution is 0.686. The number of aryl methyl sites for hydroxylation is 1. The van der Waals surface area contributed by atoms with E-state index in [1.54, 1.807) is 6.20 Å². The van der Waals surface area contributed by atoms with Crippen molar-refractivity contribution in [3.8, 4) is 0 Å². The maximum atomic E-state index is 4.67. The molecule has 100 valence electrons. The van der Waals surface area contributed by atoms with Gasteiger partial charge in [-0.15, -0.1) is 0 Å². The first-order valence-electron chi connectivity index (χ1n) is 6.92. The van der Waals surface area contributed by atoms with Gasteiger partial charge in [0.1, 0.15) is 5.82 Å². The van der Waals surface area contributed by atoms with E-state index in [9.17, 15) is 0 Å². The molecule has 4 rings (SSSR count). The van der Waals surface area contributed by atoms with Gasteiger partial charge in [-0.3, -0.25) is 0 Å². The van der Waals surface area contributed by atoms with Gasteiger partial charge in [-0.25, -0.2) is 9.97 Å². The van der Waals surface area contributed by atoms with Crippen LogP contribution in [-0.2, 0) is 13.5 Å². The quantitative estimate of drug-likeness (QED) is 0.774. The number of para-hydroxylation sites is 1. The Morgan fingerprint density at radius 3 is 3.05 bits per heavy atom. The van der Waals surface area contributed by atoms with E-state index in [2.05, 4.69) is 57.2 Å². The molecule has 1 aliphatic rings. The highest BCUT2D eigenvalue weighted by Crippen LogP contribution is 2.33. The number of fused-ring (bicyclic) bond motifs is 2. The van der Waals surface area contributed by atoms with Gasteiger partial charge in [0.2, 0.25) is 0 Å². The van der Waals surface area contributed by atoms with Crippen molar-refractivity contribution in [1.29, 1.82) is 0 Å². The first-order chi connectivity index (χ1) is 9.83. The zero-order valence-corrected chi connectivity index (χ0v) is 11.4. The number of hydrogen-bond acceptors (Lipinski definition) is 3. The molecular formula is C16H16N4. The summed E-state index contributed by atoms with van der Waals surface area (Å²) in [5.74, 6) is 1.59. The van der Waals surface area contributed by atoms with Crippen LogP contribution in [0.25, 0.3) is 11.2 Å². The molecule has 1 atom stereocenters. The third kappa shape index (κ3) is 1.68. The van der Waals surface area contributed by atoms with Crippen molar-refractivity contribution in [3.05, 3.63) is 54.0 Å². The monoisotopic (exact) mass is 264 g/mol. The first kappa shape index (κ1) is 11.5. The molecule has 4 heteroatoms. The number of nitrogens with one attached hydrogen (secondary N) is 1. The Bertz CT molecular complexity index is 775. The van der Waals surface area contributed by atoms with Crippen molar-refractivity contribution in [1.82, 2.24) is 14.5 Å². The lowest BCUT2D eigenvalue weighted by Gasteiger charge is -2.09. The third-order valence-corrected chi connectivity index (χ3v) is 4.12. The number of hydrogen-bond donors (Lipinski definition) is 1. The smallest absolute Gasteiger partial charge is 0.177 e. The Morgan fingerprint density at radius 1 is 1.25 bits per heavy atom. The van der Waals surface area contributed by atoms with Crippen molar-refractivity contribution in [2.75, 3.05) is 11.9 Å². The molecule has 1 unspecified atom stereocenters. The maximum Gasteiger partial charge on any atom is 0.177 e. The van der Waals surface area contributed by atoms with Crippen LogP contribution in [0.5, 0.6) is 0 Å². The number of imidazole rings is 1. The van der Waals surface area contributed by atoms with Gasteiger partial charge in [0.15, 0.2) is 5.65 Å². The van der Waals surface area contributed by atoms with Gasteiger partial charge in [0.05, 0.1) is 5.52 Å². The summed E-state index contributed by atoms with van der Waals surface area (Å²) in [5, 5.41) is 3.47. The fourth-order valence-corrected chi connectivity index (χ4v) is 3.01. The van der Waals surface area contributed by atoms with E-state index in [0.717, 1.165) is 30.0 Å². The molecular weight excluding hydrogens is 248 g/mol. The molecule has 1 aliphatic heterocycles. The van der Waals surface area contributed by atoms with Crippen LogP contribution in [0.15, 0.2) is 42.6 Å². The number of pyridine rings is 1. The minimum Gasteiger partial charge on any atom is -0.384 e. The van der Waals surface area contributed by atoms with Gasteiger partial charge < -0.3 is 9.88 Å². The normalized spacial score (nSPS) is 17.1. The summed E-state index contributed by atoms with van der Waals surface area (Å²) in [6.07, 6.45) is 2.74. The molecule has 3 aromatic rings. The van der Waals surface area contributed by atoms with Gasteiger partial charge >= 0.3 is 0 Å². The molecule has 0 fully saturated rings. The summed E-state index contributed by atoms with van der Waals surface area (Å²) in [6.45, 7) is 0.982. The van der Waals surface area contributed by atoms with E-state index in [0.29, 0.717) is 5.92 Å². The maximum absolute atomic E-state index is 4.67. The van der Waals surface area contributed by atoms with E-state index in [1.165, 1.54) is 11.3 Å². The Labute approximate surface area is 117 Å². The van der Waals surface area contributed by atoms with Crippen molar-refractivity contribution in [2.24, 2.45) is 7.05 Å². The van der Waals surface area contributed by atoms with Gasteiger partial charge in [-0.2, -0.15) is 0 Å². The predicted molar refractivity (Wildman–Crippen MR) is 79.9 cm³/mol. The molecule has 0 saturated carbocycles. The van der Waals surface area contributed by atoms with Gasteiger partial charge in [0.25, 0.3) is 0 Å². The summed E-state index contributed by atoms with van der Waals surface area (Å²) in [4.78, 5) is 9.01.